The maximum absolute atomic E-state index is 5.62. The molecule has 0 aliphatic rings. The van der Waals surface area contributed by atoms with Crippen LogP contribution in [0.1, 0.15) is 13.8 Å². The predicted octanol–water partition coefficient (Wildman–Crippen LogP) is 0.196. The van der Waals surface area contributed by atoms with Crippen molar-refractivity contribution in [2.45, 2.75) is 26.4 Å². The highest BCUT2D eigenvalue weighted by Gasteiger charge is 1.94. The van der Waals surface area contributed by atoms with Gasteiger partial charge in [0, 0.05) is 18.4 Å². The molecule has 78 valence electrons. The molecular weight excluding hydrogens is 178 g/mol. The van der Waals surface area contributed by atoms with Crippen molar-refractivity contribution in [1.29, 1.82) is 0 Å². The van der Waals surface area contributed by atoms with Crippen LogP contribution in [-0.4, -0.2) is 28.3 Å². The van der Waals surface area contributed by atoms with E-state index in [-0.39, 0.29) is 0 Å². The normalized spacial score (nSPS) is 12.1. The Labute approximate surface area is 84.0 Å². The molecular formula is C9H17N5. The quantitative estimate of drug-likeness (QED) is 0.532. The zero-order chi connectivity index (χ0) is 10.4. The second kappa shape index (κ2) is 5.26. The summed E-state index contributed by atoms with van der Waals surface area (Å²) in [6.07, 6.45) is 3.65. The number of guanidine groups is 1. The molecule has 1 heterocycles. The highest BCUT2D eigenvalue weighted by atomic mass is 15.3. The Morgan fingerprint density at radius 1 is 1.64 bits per heavy atom. The number of hydrogen-bond acceptors (Lipinski definition) is 2. The second-order valence-electron chi connectivity index (χ2n) is 3.34. The molecule has 0 bridgehead atoms. The smallest absolute Gasteiger partial charge is 0.188 e. The molecule has 5 heteroatoms. The molecule has 0 spiro atoms. The molecule has 14 heavy (non-hydrogen) atoms. The van der Waals surface area contributed by atoms with Crippen LogP contribution < -0.4 is 11.1 Å². The first-order valence-corrected chi connectivity index (χ1v) is 4.72. The number of aliphatic imine (C=N–C) groups is 1. The molecule has 0 radical (unpaired) electrons. The zero-order valence-corrected chi connectivity index (χ0v) is 8.64. The topological polar surface area (TPSA) is 68.2 Å². The molecule has 3 N–H and O–H groups in total. The zero-order valence-electron chi connectivity index (χ0n) is 8.64. The van der Waals surface area contributed by atoms with Gasteiger partial charge in [0.25, 0.3) is 0 Å². The van der Waals surface area contributed by atoms with Crippen LogP contribution >= 0.6 is 0 Å². The Morgan fingerprint density at radius 3 is 3.00 bits per heavy atom. The second-order valence-corrected chi connectivity index (χ2v) is 3.34. The molecule has 0 amide bonds. The highest BCUT2D eigenvalue weighted by Crippen LogP contribution is 1.84. The molecule has 0 saturated carbocycles. The van der Waals surface area contributed by atoms with E-state index < -0.39 is 0 Å². The van der Waals surface area contributed by atoms with Crippen LogP contribution in [0.25, 0.3) is 0 Å². The van der Waals surface area contributed by atoms with Crippen LogP contribution in [0.2, 0.25) is 0 Å². The van der Waals surface area contributed by atoms with E-state index in [0.29, 0.717) is 18.5 Å². The van der Waals surface area contributed by atoms with Gasteiger partial charge < -0.3 is 11.1 Å². The third-order valence-electron chi connectivity index (χ3n) is 1.61. The summed E-state index contributed by atoms with van der Waals surface area (Å²) >= 11 is 0. The van der Waals surface area contributed by atoms with Gasteiger partial charge in [-0.05, 0) is 19.9 Å². The molecule has 0 atom stereocenters. The Morgan fingerprint density at radius 2 is 2.43 bits per heavy atom. The van der Waals surface area contributed by atoms with E-state index in [4.69, 9.17) is 5.73 Å². The largest absolute Gasteiger partial charge is 0.370 e. The number of aromatic nitrogens is 2. The van der Waals surface area contributed by atoms with Gasteiger partial charge in [0.1, 0.15) is 0 Å². The summed E-state index contributed by atoms with van der Waals surface area (Å²) in [5.41, 5.74) is 5.62. The number of nitrogens with two attached hydrogens (primary N) is 1. The van der Waals surface area contributed by atoms with Crippen LogP contribution in [0.3, 0.4) is 0 Å². The molecule has 5 nitrogen and oxygen atoms in total. The molecule has 0 unspecified atom stereocenters. The summed E-state index contributed by atoms with van der Waals surface area (Å²) in [6, 6.07) is 2.21. The lowest BCUT2D eigenvalue weighted by atomic mass is 10.4. The van der Waals surface area contributed by atoms with Gasteiger partial charge in [-0.1, -0.05) is 0 Å². The van der Waals surface area contributed by atoms with Gasteiger partial charge in [0.2, 0.25) is 0 Å². The molecule has 1 aromatic rings. The molecule has 1 aromatic heterocycles. The molecule has 0 fully saturated rings. The van der Waals surface area contributed by atoms with E-state index in [9.17, 15) is 0 Å². The Hall–Kier alpha value is -1.52. The average molecular weight is 195 g/mol. The SMILES string of the molecule is CC(C)NC(N)=NCCn1cccn1. The lowest BCUT2D eigenvalue weighted by Crippen LogP contribution is -2.37. The van der Waals surface area contributed by atoms with Gasteiger partial charge >= 0.3 is 0 Å². The highest BCUT2D eigenvalue weighted by molar-refractivity contribution is 5.77. The van der Waals surface area contributed by atoms with E-state index in [2.05, 4.69) is 15.4 Å². The number of nitrogens with zero attached hydrogens (tertiary/aromatic N) is 3. The van der Waals surface area contributed by atoms with Crippen molar-refractivity contribution >= 4 is 5.96 Å². The summed E-state index contributed by atoms with van der Waals surface area (Å²) in [7, 11) is 0. The van der Waals surface area contributed by atoms with E-state index in [0.717, 1.165) is 6.54 Å². The van der Waals surface area contributed by atoms with E-state index in [1.54, 1.807) is 6.20 Å². The molecule has 0 aliphatic carbocycles. The van der Waals surface area contributed by atoms with E-state index in [1.807, 2.05) is 30.8 Å². The average Bonchev–Trinajstić information content (AvgIpc) is 2.55. The maximum atomic E-state index is 5.62. The Kier molecular flexibility index (Phi) is 3.97. The summed E-state index contributed by atoms with van der Waals surface area (Å²) in [6.45, 7) is 5.45. The van der Waals surface area contributed by atoms with Crippen molar-refractivity contribution in [3.8, 4) is 0 Å². The van der Waals surface area contributed by atoms with Crippen molar-refractivity contribution in [3.63, 3.8) is 0 Å². The fourth-order valence-electron chi connectivity index (χ4n) is 1.05. The van der Waals surface area contributed by atoms with Crippen molar-refractivity contribution in [3.05, 3.63) is 18.5 Å². The van der Waals surface area contributed by atoms with Crippen LogP contribution in [0.5, 0.6) is 0 Å². The van der Waals surface area contributed by atoms with E-state index in [1.165, 1.54) is 0 Å². The van der Waals surface area contributed by atoms with Crippen molar-refractivity contribution in [2.75, 3.05) is 6.54 Å². The summed E-state index contributed by atoms with van der Waals surface area (Å²) in [5, 5.41) is 7.08. The van der Waals surface area contributed by atoms with Gasteiger partial charge in [-0.3, -0.25) is 9.67 Å². The minimum Gasteiger partial charge on any atom is -0.370 e. The van der Waals surface area contributed by atoms with Crippen LogP contribution in [0.15, 0.2) is 23.5 Å². The van der Waals surface area contributed by atoms with Crippen molar-refractivity contribution < 1.29 is 0 Å². The fourth-order valence-corrected chi connectivity index (χ4v) is 1.05. The van der Waals surface area contributed by atoms with Crippen molar-refractivity contribution in [2.24, 2.45) is 10.7 Å². The number of hydrogen-bond donors (Lipinski definition) is 2. The summed E-state index contributed by atoms with van der Waals surface area (Å²) < 4.78 is 1.83. The standard InChI is InChI=1S/C9H17N5/c1-8(2)13-9(10)11-5-7-14-6-3-4-12-14/h3-4,6,8H,5,7H2,1-2H3,(H3,10,11,13). The first-order chi connectivity index (χ1) is 6.68. The van der Waals surface area contributed by atoms with Gasteiger partial charge in [-0.25, -0.2) is 0 Å². The first kappa shape index (κ1) is 10.6. The van der Waals surface area contributed by atoms with Gasteiger partial charge in [-0.2, -0.15) is 5.10 Å². The molecule has 0 saturated heterocycles. The van der Waals surface area contributed by atoms with Crippen LogP contribution in [0, 0.1) is 0 Å². The van der Waals surface area contributed by atoms with Crippen LogP contribution in [-0.2, 0) is 6.54 Å². The molecule has 0 aliphatic heterocycles. The van der Waals surface area contributed by atoms with Gasteiger partial charge in [-0.15, -0.1) is 0 Å². The lowest BCUT2D eigenvalue weighted by Gasteiger charge is -2.08. The molecule has 0 aromatic carbocycles. The van der Waals surface area contributed by atoms with Gasteiger partial charge in [0.15, 0.2) is 5.96 Å². The number of rotatable bonds is 4. The number of nitrogens with one attached hydrogen (secondary N) is 1. The first-order valence-electron chi connectivity index (χ1n) is 4.72. The minimum atomic E-state index is 0.323. The van der Waals surface area contributed by atoms with Crippen LogP contribution in [0.4, 0.5) is 0 Å². The van der Waals surface area contributed by atoms with Gasteiger partial charge in [0.05, 0.1) is 13.1 Å². The fraction of sp³-hybridized carbons (Fsp3) is 0.556. The third kappa shape index (κ3) is 3.93. The Bertz CT molecular complexity index is 275. The minimum absolute atomic E-state index is 0.323. The monoisotopic (exact) mass is 195 g/mol. The third-order valence-corrected chi connectivity index (χ3v) is 1.61. The Balaban J connectivity index is 2.26. The lowest BCUT2D eigenvalue weighted by molar-refractivity contribution is 0.622. The maximum Gasteiger partial charge on any atom is 0.188 e. The predicted molar refractivity (Wildman–Crippen MR) is 57.0 cm³/mol. The summed E-state index contributed by atoms with van der Waals surface area (Å²) in [5.74, 6) is 0.493. The van der Waals surface area contributed by atoms with Crippen molar-refractivity contribution in [1.82, 2.24) is 15.1 Å². The van der Waals surface area contributed by atoms with E-state index >= 15 is 0 Å². The molecule has 1 rings (SSSR count). The summed E-state index contributed by atoms with van der Waals surface area (Å²) in [4.78, 5) is 4.16.